The fourth-order valence-corrected chi connectivity index (χ4v) is 3.85. The Morgan fingerprint density at radius 1 is 1.13 bits per heavy atom. The molecule has 1 aliphatic rings. The van der Waals surface area contributed by atoms with Crippen LogP contribution in [0.15, 0.2) is 53.7 Å². The first-order chi connectivity index (χ1) is 14.6. The first-order valence-corrected chi connectivity index (χ1v) is 10.6. The minimum Gasteiger partial charge on any atom is -0.486 e. The summed E-state index contributed by atoms with van der Waals surface area (Å²) >= 11 is 6.83. The standard InChI is InChI=1S/C20H19N5O3S2/c1-13-22-23-20(30-12-14-5-3-2-4-6-14)25(13)24-19(29)21-18(26)15-7-8-16-17(11-15)28-10-9-27-16/h2-8,11H,9-10,12H2,1H3,(H2,21,24,26,29). The molecule has 0 bridgehead atoms. The molecule has 0 atom stereocenters. The summed E-state index contributed by atoms with van der Waals surface area (Å²) in [6, 6.07) is 15.1. The quantitative estimate of drug-likeness (QED) is 0.461. The second-order valence-corrected chi connectivity index (χ2v) is 7.74. The Morgan fingerprint density at radius 2 is 1.90 bits per heavy atom. The molecule has 0 aliphatic carbocycles. The van der Waals surface area contributed by atoms with Crippen LogP contribution in [-0.4, -0.2) is 39.1 Å². The van der Waals surface area contributed by atoms with Gasteiger partial charge in [0.2, 0.25) is 5.16 Å². The number of aryl methyl sites for hydroxylation is 1. The van der Waals surface area contributed by atoms with E-state index >= 15 is 0 Å². The van der Waals surface area contributed by atoms with Crippen molar-refractivity contribution in [3.8, 4) is 11.5 Å². The van der Waals surface area contributed by atoms with Crippen molar-refractivity contribution < 1.29 is 14.3 Å². The Kier molecular flexibility index (Phi) is 6.15. The van der Waals surface area contributed by atoms with Gasteiger partial charge in [-0.3, -0.25) is 15.5 Å². The summed E-state index contributed by atoms with van der Waals surface area (Å²) in [7, 11) is 0. The maximum Gasteiger partial charge on any atom is 0.257 e. The Bertz CT molecular complexity index is 1070. The Hall–Kier alpha value is -3.11. The van der Waals surface area contributed by atoms with Gasteiger partial charge in [-0.2, -0.15) is 0 Å². The minimum atomic E-state index is -0.353. The first kappa shape index (κ1) is 20.2. The molecule has 3 aromatic rings. The zero-order valence-electron chi connectivity index (χ0n) is 16.1. The predicted molar refractivity (Wildman–Crippen MR) is 118 cm³/mol. The van der Waals surface area contributed by atoms with Gasteiger partial charge in [0.25, 0.3) is 5.91 Å². The molecule has 154 valence electrons. The monoisotopic (exact) mass is 441 g/mol. The second kappa shape index (κ2) is 9.14. The molecule has 0 spiro atoms. The molecule has 1 aromatic heterocycles. The summed E-state index contributed by atoms with van der Waals surface area (Å²) in [5, 5.41) is 11.7. The molecule has 1 aliphatic heterocycles. The SMILES string of the molecule is Cc1nnc(SCc2ccccc2)n1NC(=S)NC(=O)c1ccc2c(c1)OCCO2. The molecule has 10 heteroatoms. The van der Waals surface area contributed by atoms with Crippen molar-refractivity contribution in [1.29, 1.82) is 0 Å². The van der Waals surface area contributed by atoms with Crippen molar-refractivity contribution in [3.63, 3.8) is 0 Å². The van der Waals surface area contributed by atoms with Gasteiger partial charge in [0.05, 0.1) is 0 Å². The van der Waals surface area contributed by atoms with E-state index < -0.39 is 0 Å². The van der Waals surface area contributed by atoms with Crippen molar-refractivity contribution in [2.75, 3.05) is 18.6 Å². The lowest BCUT2D eigenvalue weighted by molar-refractivity contribution is 0.0976. The molecule has 4 rings (SSSR count). The molecule has 0 fully saturated rings. The summed E-state index contributed by atoms with van der Waals surface area (Å²) in [5.41, 5.74) is 4.56. The number of thioether (sulfide) groups is 1. The Balaban J connectivity index is 1.39. The summed E-state index contributed by atoms with van der Waals surface area (Å²) in [4.78, 5) is 12.6. The number of fused-ring (bicyclic) bond motifs is 1. The van der Waals surface area contributed by atoms with Crippen LogP contribution in [0.3, 0.4) is 0 Å². The summed E-state index contributed by atoms with van der Waals surface area (Å²) < 4.78 is 12.7. The molecule has 2 N–H and O–H groups in total. The zero-order valence-corrected chi connectivity index (χ0v) is 17.8. The number of carbonyl (C=O) groups excluding carboxylic acids is 1. The lowest BCUT2D eigenvalue weighted by Gasteiger charge is -2.19. The fraction of sp³-hybridized carbons (Fsp3) is 0.200. The number of hydrogen-bond donors (Lipinski definition) is 2. The highest BCUT2D eigenvalue weighted by atomic mass is 32.2. The van der Waals surface area contributed by atoms with Crippen molar-refractivity contribution >= 4 is 35.0 Å². The summed E-state index contributed by atoms with van der Waals surface area (Å²) in [6.07, 6.45) is 0. The van der Waals surface area contributed by atoms with Crippen LogP contribution in [-0.2, 0) is 5.75 Å². The molecular formula is C20H19N5O3S2. The van der Waals surface area contributed by atoms with Gasteiger partial charge in [0.1, 0.15) is 19.0 Å². The van der Waals surface area contributed by atoms with E-state index in [1.807, 2.05) is 30.3 Å². The van der Waals surface area contributed by atoms with Crippen molar-refractivity contribution in [3.05, 3.63) is 65.5 Å². The van der Waals surface area contributed by atoms with Crippen LogP contribution in [0.4, 0.5) is 0 Å². The third-order valence-electron chi connectivity index (χ3n) is 4.25. The summed E-state index contributed by atoms with van der Waals surface area (Å²) in [5.74, 6) is 2.17. The molecule has 0 saturated carbocycles. The smallest absolute Gasteiger partial charge is 0.257 e. The number of amides is 1. The third kappa shape index (κ3) is 4.71. The Labute approximate surface area is 182 Å². The number of rotatable bonds is 5. The van der Waals surface area contributed by atoms with Crippen molar-refractivity contribution in [2.24, 2.45) is 0 Å². The number of hydrogen-bond acceptors (Lipinski definition) is 7. The van der Waals surface area contributed by atoms with E-state index in [0.29, 0.717) is 41.3 Å². The van der Waals surface area contributed by atoms with Crippen LogP contribution in [0, 0.1) is 6.92 Å². The van der Waals surface area contributed by atoms with Gasteiger partial charge in [-0.05, 0) is 42.9 Å². The molecule has 8 nitrogen and oxygen atoms in total. The van der Waals surface area contributed by atoms with Crippen LogP contribution in [0.1, 0.15) is 21.7 Å². The summed E-state index contributed by atoms with van der Waals surface area (Å²) in [6.45, 7) is 2.75. The number of nitrogens with one attached hydrogen (secondary N) is 2. The van der Waals surface area contributed by atoms with E-state index in [-0.39, 0.29) is 11.0 Å². The predicted octanol–water partition coefficient (Wildman–Crippen LogP) is 2.91. The van der Waals surface area contributed by atoms with Crippen LogP contribution in [0.5, 0.6) is 11.5 Å². The van der Waals surface area contributed by atoms with E-state index in [0.717, 1.165) is 5.75 Å². The fourth-order valence-electron chi connectivity index (χ4n) is 2.78. The van der Waals surface area contributed by atoms with Crippen molar-refractivity contribution in [1.82, 2.24) is 20.2 Å². The van der Waals surface area contributed by atoms with Crippen LogP contribution < -0.4 is 20.2 Å². The average Bonchev–Trinajstić information content (AvgIpc) is 3.11. The Morgan fingerprint density at radius 3 is 2.70 bits per heavy atom. The molecule has 0 saturated heterocycles. The van der Waals surface area contributed by atoms with Crippen LogP contribution in [0.2, 0.25) is 0 Å². The lowest BCUT2D eigenvalue weighted by atomic mass is 10.2. The molecule has 30 heavy (non-hydrogen) atoms. The maximum atomic E-state index is 12.6. The highest BCUT2D eigenvalue weighted by molar-refractivity contribution is 7.98. The number of ether oxygens (including phenoxy) is 2. The highest BCUT2D eigenvalue weighted by Crippen LogP contribution is 2.30. The van der Waals surface area contributed by atoms with E-state index in [1.54, 1.807) is 29.8 Å². The molecule has 1 amide bonds. The van der Waals surface area contributed by atoms with Gasteiger partial charge in [-0.1, -0.05) is 42.1 Å². The van der Waals surface area contributed by atoms with Gasteiger partial charge in [0.15, 0.2) is 16.6 Å². The number of nitrogens with zero attached hydrogens (tertiary/aromatic N) is 3. The third-order valence-corrected chi connectivity index (χ3v) is 5.44. The number of aromatic nitrogens is 3. The first-order valence-electron chi connectivity index (χ1n) is 9.21. The molecular weight excluding hydrogens is 422 g/mol. The minimum absolute atomic E-state index is 0.138. The zero-order chi connectivity index (χ0) is 20.9. The van der Waals surface area contributed by atoms with Crippen molar-refractivity contribution in [2.45, 2.75) is 17.8 Å². The lowest BCUT2D eigenvalue weighted by Crippen LogP contribution is -2.38. The number of carbonyl (C=O) groups is 1. The largest absolute Gasteiger partial charge is 0.486 e. The van der Waals surface area contributed by atoms with E-state index in [1.165, 1.54) is 17.3 Å². The van der Waals surface area contributed by atoms with E-state index in [4.69, 9.17) is 21.7 Å². The number of thiocarbonyl (C=S) groups is 1. The second-order valence-electron chi connectivity index (χ2n) is 6.39. The van der Waals surface area contributed by atoms with Crippen LogP contribution in [0.25, 0.3) is 0 Å². The molecule has 2 heterocycles. The normalized spacial score (nSPS) is 12.3. The molecule has 0 radical (unpaired) electrons. The maximum absolute atomic E-state index is 12.6. The van der Waals surface area contributed by atoms with Gasteiger partial charge >= 0.3 is 0 Å². The van der Waals surface area contributed by atoms with E-state index in [9.17, 15) is 4.79 Å². The topological polar surface area (TPSA) is 90.3 Å². The van der Waals surface area contributed by atoms with Crippen LogP contribution >= 0.6 is 24.0 Å². The molecule has 0 unspecified atom stereocenters. The molecule has 2 aromatic carbocycles. The highest BCUT2D eigenvalue weighted by Gasteiger charge is 2.17. The number of benzene rings is 2. The average molecular weight is 442 g/mol. The van der Waals surface area contributed by atoms with Gasteiger partial charge in [-0.25, -0.2) is 4.68 Å². The van der Waals surface area contributed by atoms with Gasteiger partial charge < -0.3 is 9.47 Å². The van der Waals surface area contributed by atoms with E-state index in [2.05, 4.69) is 20.9 Å². The van der Waals surface area contributed by atoms with Gasteiger partial charge in [0, 0.05) is 11.3 Å². The van der Waals surface area contributed by atoms with Gasteiger partial charge in [-0.15, -0.1) is 10.2 Å².